The molecule has 2 aliphatic rings. The second-order valence-corrected chi connectivity index (χ2v) is 8.25. The molecule has 0 amide bonds. The summed E-state index contributed by atoms with van der Waals surface area (Å²) < 4.78 is 29.4. The zero-order valence-corrected chi connectivity index (χ0v) is 13.8. The van der Waals surface area contributed by atoms with Crippen LogP contribution in [0.1, 0.15) is 46.0 Å². The van der Waals surface area contributed by atoms with Gasteiger partial charge in [0.25, 0.3) is 10.2 Å². The molecule has 0 aromatic rings. The summed E-state index contributed by atoms with van der Waals surface area (Å²) in [7, 11) is -1.39. The van der Waals surface area contributed by atoms with Gasteiger partial charge >= 0.3 is 0 Å². The lowest BCUT2D eigenvalue weighted by Crippen LogP contribution is -2.57. The van der Waals surface area contributed by atoms with Crippen LogP contribution in [0.3, 0.4) is 0 Å². The van der Waals surface area contributed by atoms with Crippen molar-refractivity contribution in [3.63, 3.8) is 0 Å². The fourth-order valence-electron chi connectivity index (χ4n) is 3.41. The summed E-state index contributed by atoms with van der Waals surface area (Å²) in [5.41, 5.74) is 0. The Kier molecular flexibility index (Phi) is 5.45. The Morgan fingerprint density at radius 2 is 1.90 bits per heavy atom. The van der Waals surface area contributed by atoms with E-state index in [2.05, 4.69) is 19.2 Å². The second-order valence-electron chi connectivity index (χ2n) is 6.36. The van der Waals surface area contributed by atoms with Gasteiger partial charge in [-0.2, -0.15) is 17.0 Å². The summed E-state index contributed by atoms with van der Waals surface area (Å²) in [4.78, 5) is 0. The van der Waals surface area contributed by atoms with Gasteiger partial charge in [0.05, 0.1) is 0 Å². The number of hydrogen-bond acceptors (Lipinski definition) is 3. The van der Waals surface area contributed by atoms with Crippen molar-refractivity contribution >= 4 is 10.2 Å². The van der Waals surface area contributed by atoms with Crippen molar-refractivity contribution in [1.29, 1.82) is 0 Å². The molecule has 2 rings (SSSR count). The van der Waals surface area contributed by atoms with Crippen LogP contribution in [-0.4, -0.2) is 55.8 Å². The Labute approximate surface area is 123 Å². The van der Waals surface area contributed by atoms with Crippen LogP contribution < -0.4 is 5.32 Å². The molecule has 2 heterocycles. The molecule has 118 valence electrons. The largest absolute Gasteiger partial charge is 0.316 e. The molecule has 0 aliphatic carbocycles. The highest BCUT2D eigenvalue weighted by Crippen LogP contribution is 2.27. The lowest BCUT2D eigenvalue weighted by atomic mass is 9.99. The molecule has 0 saturated carbocycles. The summed E-state index contributed by atoms with van der Waals surface area (Å²) in [6.07, 6.45) is 5.20. The van der Waals surface area contributed by atoms with Crippen molar-refractivity contribution in [3.8, 4) is 0 Å². The molecule has 0 aromatic heterocycles. The fourth-order valence-corrected chi connectivity index (χ4v) is 5.50. The summed E-state index contributed by atoms with van der Waals surface area (Å²) in [6.45, 7) is 6.26. The zero-order chi connectivity index (χ0) is 14.8. The number of hydrogen-bond donors (Lipinski definition) is 1. The third-order valence-corrected chi connectivity index (χ3v) is 6.80. The van der Waals surface area contributed by atoms with Gasteiger partial charge in [-0.15, -0.1) is 0 Å². The first-order chi connectivity index (χ1) is 9.46. The molecule has 0 aromatic carbocycles. The minimum Gasteiger partial charge on any atom is -0.316 e. The maximum Gasteiger partial charge on any atom is 0.282 e. The van der Waals surface area contributed by atoms with E-state index >= 15 is 0 Å². The lowest BCUT2D eigenvalue weighted by Gasteiger charge is -2.42. The van der Waals surface area contributed by atoms with E-state index in [-0.39, 0.29) is 12.1 Å². The molecule has 3 atom stereocenters. The third-order valence-electron chi connectivity index (χ3n) is 4.77. The van der Waals surface area contributed by atoms with Crippen LogP contribution in [0.4, 0.5) is 0 Å². The van der Waals surface area contributed by atoms with Gasteiger partial charge in [-0.1, -0.05) is 13.3 Å². The smallest absolute Gasteiger partial charge is 0.282 e. The van der Waals surface area contributed by atoms with Crippen molar-refractivity contribution in [2.45, 2.75) is 58.0 Å². The van der Waals surface area contributed by atoms with E-state index in [1.165, 1.54) is 0 Å². The minimum absolute atomic E-state index is 0.0935. The van der Waals surface area contributed by atoms with Crippen molar-refractivity contribution in [3.05, 3.63) is 0 Å². The predicted octanol–water partition coefficient (Wildman–Crippen LogP) is 1.43. The summed E-state index contributed by atoms with van der Waals surface area (Å²) in [5.74, 6) is 0.475. The molecule has 0 radical (unpaired) electrons. The Bertz CT molecular complexity index is 413. The Hall–Kier alpha value is -0.170. The summed E-state index contributed by atoms with van der Waals surface area (Å²) in [5, 5.41) is 3.22. The van der Waals surface area contributed by atoms with Crippen molar-refractivity contribution in [2.24, 2.45) is 5.92 Å². The van der Waals surface area contributed by atoms with E-state index in [1.54, 1.807) is 8.61 Å². The third kappa shape index (κ3) is 3.35. The maximum absolute atomic E-state index is 12.9. The normalized spacial score (nSPS) is 32.1. The second kappa shape index (κ2) is 6.73. The van der Waals surface area contributed by atoms with E-state index in [0.717, 1.165) is 32.1 Å². The molecular weight excluding hydrogens is 274 g/mol. The Morgan fingerprint density at radius 3 is 2.55 bits per heavy atom. The molecule has 0 spiro atoms. The fraction of sp³-hybridized carbons (Fsp3) is 1.00. The van der Waals surface area contributed by atoms with Crippen LogP contribution in [0.25, 0.3) is 0 Å². The van der Waals surface area contributed by atoms with E-state index in [4.69, 9.17) is 0 Å². The first kappa shape index (κ1) is 16.2. The number of nitrogens with one attached hydrogen (secondary N) is 1. The van der Waals surface area contributed by atoms with Gasteiger partial charge in [-0.25, -0.2) is 0 Å². The monoisotopic (exact) mass is 303 g/mol. The predicted molar refractivity (Wildman–Crippen MR) is 81.8 cm³/mol. The van der Waals surface area contributed by atoms with Gasteiger partial charge in [0, 0.05) is 31.7 Å². The number of piperidine rings is 2. The van der Waals surface area contributed by atoms with Crippen molar-refractivity contribution < 1.29 is 8.42 Å². The van der Waals surface area contributed by atoms with Gasteiger partial charge in [-0.3, -0.25) is 0 Å². The molecular formula is C14H29N3O2S. The molecule has 20 heavy (non-hydrogen) atoms. The SMILES string of the molecule is CNC(C)C1CCCCN1S(=O)(=O)N1CCCC(C)C1. The minimum atomic E-state index is -3.30. The Balaban J connectivity index is 2.17. The quantitative estimate of drug-likeness (QED) is 0.855. The molecule has 6 heteroatoms. The van der Waals surface area contributed by atoms with Crippen LogP contribution in [0.2, 0.25) is 0 Å². The first-order valence-corrected chi connectivity index (χ1v) is 9.30. The average molecular weight is 303 g/mol. The highest BCUT2D eigenvalue weighted by molar-refractivity contribution is 7.86. The van der Waals surface area contributed by atoms with E-state index in [0.29, 0.717) is 25.6 Å². The molecule has 1 N–H and O–H groups in total. The van der Waals surface area contributed by atoms with E-state index < -0.39 is 10.2 Å². The van der Waals surface area contributed by atoms with Gasteiger partial charge < -0.3 is 5.32 Å². The van der Waals surface area contributed by atoms with Crippen LogP contribution in [0.15, 0.2) is 0 Å². The average Bonchev–Trinajstić information content (AvgIpc) is 2.46. The van der Waals surface area contributed by atoms with Gasteiger partial charge in [-0.05, 0) is 45.6 Å². The van der Waals surface area contributed by atoms with Crippen molar-refractivity contribution in [1.82, 2.24) is 13.9 Å². The molecule has 3 unspecified atom stereocenters. The van der Waals surface area contributed by atoms with Gasteiger partial charge in [0.2, 0.25) is 0 Å². The van der Waals surface area contributed by atoms with Crippen LogP contribution in [0, 0.1) is 5.92 Å². The molecule has 5 nitrogen and oxygen atoms in total. The van der Waals surface area contributed by atoms with Crippen LogP contribution in [0.5, 0.6) is 0 Å². The zero-order valence-electron chi connectivity index (χ0n) is 13.0. The lowest BCUT2D eigenvalue weighted by molar-refractivity contribution is 0.186. The van der Waals surface area contributed by atoms with Gasteiger partial charge in [0.15, 0.2) is 0 Å². The molecule has 2 aliphatic heterocycles. The number of nitrogens with zero attached hydrogens (tertiary/aromatic N) is 2. The van der Waals surface area contributed by atoms with Gasteiger partial charge in [0.1, 0.15) is 0 Å². The standard InChI is InChI=1S/C14H29N3O2S/c1-12-7-6-9-16(11-12)20(18,19)17-10-5-4-8-14(17)13(2)15-3/h12-15H,4-11H2,1-3H3. The van der Waals surface area contributed by atoms with Crippen LogP contribution >= 0.6 is 0 Å². The topological polar surface area (TPSA) is 52.7 Å². The maximum atomic E-state index is 12.9. The molecule has 2 fully saturated rings. The highest BCUT2D eigenvalue weighted by atomic mass is 32.2. The summed E-state index contributed by atoms with van der Waals surface area (Å²) in [6, 6.07) is 0.295. The van der Waals surface area contributed by atoms with Crippen molar-refractivity contribution in [2.75, 3.05) is 26.7 Å². The van der Waals surface area contributed by atoms with E-state index in [1.807, 2.05) is 7.05 Å². The Morgan fingerprint density at radius 1 is 1.15 bits per heavy atom. The molecule has 2 saturated heterocycles. The summed E-state index contributed by atoms with van der Waals surface area (Å²) >= 11 is 0. The van der Waals surface area contributed by atoms with Crippen LogP contribution in [-0.2, 0) is 10.2 Å². The van der Waals surface area contributed by atoms with E-state index in [9.17, 15) is 8.42 Å². The number of rotatable bonds is 4. The highest BCUT2D eigenvalue weighted by Gasteiger charge is 2.39. The molecule has 0 bridgehead atoms. The first-order valence-electron chi connectivity index (χ1n) is 7.91. The number of likely N-dealkylation sites (N-methyl/N-ethyl adjacent to an activating group) is 1.